The molecule has 1 amide bonds. The van der Waals surface area contributed by atoms with Crippen LogP contribution in [0.2, 0.25) is 0 Å². The Balaban J connectivity index is 1.80. The highest BCUT2D eigenvalue weighted by atomic mass is 16.5. The summed E-state index contributed by atoms with van der Waals surface area (Å²) in [6.45, 7) is 7.74. The summed E-state index contributed by atoms with van der Waals surface area (Å²) in [4.78, 5) is 12.4. The molecule has 2 aromatic rings. The van der Waals surface area contributed by atoms with Crippen LogP contribution in [0.15, 0.2) is 35.9 Å². The van der Waals surface area contributed by atoms with Gasteiger partial charge in [0.15, 0.2) is 0 Å². The van der Waals surface area contributed by atoms with E-state index in [1.807, 2.05) is 57.2 Å². The molecule has 0 aliphatic carbocycles. The third kappa shape index (κ3) is 4.87. The molecule has 1 saturated heterocycles. The van der Waals surface area contributed by atoms with Crippen molar-refractivity contribution in [3.63, 3.8) is 0 Å². The highest BCUT2D eigenvalue weighted by Crippen LogP contribution is 2.24. The van der Waals surface area contributed by atoms with Crippen LogP contribution in [0.3, 0.4) is 0 Å². The number of nitrogens with zero attached hydrogens (tertiary/aromatic N) is 2. The van der Waals surface area contributed by atoms with Gasteiger partial charge in [0, 0.05) is 30.2 Å². The summed E-state index contributed by atoms with van der Waals surface area (Å²) in [6.07, 6.45) is 3.65. The van der Waals surface area contributed by atoms with E-state index in [1.165, 1.54) is 0 Å². The first kappa shape index (κ1) is 20.7. The van der Waals surface area contributed by atoms with Crippen molar-refractivity contribution in [1.29, 1.82) is 5.26 Å². The van der Waals surface area contributed by atoms with E-state index < -0.39 is 0 Å². The lowest BCUT2D eigenvalue weighted by Crippen LogP contribution is -2.32. The molecule has 1 aromatic heterocycles. The number of amides is 1. The van der Waals surface area contributed by atoms with Crippen LogP contribution in [0.4, 0.5) is 0 Å². The molecular weight excluding hydrogens is 366 g/mol. The lowest BCUT2D eigenvalue weighted by molar-refractivity contribution is -0.117. The maximum Gasteiger partial charge on any atom is 0.262 e. The SMILES string of the molecule is CCOc1ccc(-n2c(C)cc(/C=C(\C#N)C(=O)NC[C@@H]3CCCO3)c2C)cc1. The van der Waals surface area contributed by atoms with Gasteiger partial charge in [0.05, 0.1) is 12.7 Å². The zero-order valence-electron chi connectivity index (χ0n) is 17.2. The van der Waals surface area contributed by atoms with E-state index >= 15 is 0 Å². The number of rotatable bonds is 7. The second kappa shape index (κ2) is 9.44. The van der Waals surface area contributed by atoms with Crippen LogP contribution in [0, 0.1) is 25.2 Å². The fourth-order valence-electron chi connectivity index (χ4n) is 3.60. The van der Waals surface area contributed by atoms with E-state index in [2.05, 4.69) is 9.88 Å². The van der Waals surface area contributed by atoms with E-state index in [0.717, 1.165) is 47.8 Å². The molecule has 6 heteroatoms. The summed E-state index contributed by atoms with van der Waals surface area (Å²) < 4.78 is 13.1. The molecule has 1 fully saturated rings. The molecule has 1 aromatic carbocycles. The first-order valence-electron chi connectivity index (χ1n) is 9.97. The van der Waals surface area contributed by atoms with Crippen LogP contribution in [-0.2, 0) is 9.53 Å². The van der Waals surface area contributed by atoms with Crippen molar-refractivity contribution in [2.45, 2.75) is 39.7 Å². The zero-order chi connectivity index (χ0) is 20.8. The second-order valence-electron chi connectivity index (χ2n) is 7.10. The van der Waals surface area contributed by atoms with E-state index in [0.29, 0.717) is 13.2 Å². The highest BCUT2D eigenvalue weighted by molar-refractivity contribution is 6.01. The van der Waals surface area contributed by atoms with Crippen molar-refractivity contribution in [3.8, 4) is 17.5 Å². The molecule has 6 nitrogen and oxygen atoms in total. The Bertz CT molecular complexity index is 930. The Labute approximate surface area is 171 Å². The smallest absolute Gasteiger partial charge is 0.262 e. The van der Waals surface area contributed by atoms with E-state index in [9.17, 15) is 10.1 Å². The Morgan fingerprint density at radius 2 is 2.14 bits per heavy atom. The Hall–Kier alpha value is -3.04. The van der Waals surface area contributed by atoms with Gasteiger partial charge in [-0.1, -0.05) is 0 Å². The van der Waals surface area contributed by atoms with E-state index in [1.54, 1.807) is 6.08 Å². The Kier molecular flexibility index (Phi) is 6.73. The molecule has 1 aliphatic rings. The summed E-state index contributed by atoms with van der Waals surface area (Å²) in [7, 11) is 0. The van der Waals surface area contributed by atoms with Crippen LogP contribution in [0.1, 0.15) is 36.7 Å². The van der Waals surface area contributed by atoms with Crippen LogP contribution in [0.5, 0.6) is 5.75 Å². The first-order valence-corrected chi connectivity index (χ1v) is 9.97. The quantitative estimate of drug-likeness (QED) is 0.575. The van der Waals surface area contributed by atoms with Gasteiger partial charge in [-0.15, -0.1) is 0 Å². The molecular formula is C23H27N3O3. The summed E-state index contributed by atoms with van der Waals surface area (Å²) in [5.41, 5.74) is 3.93. The maximum absolute atomic E-state index is 12.4. The average Bonchev–Trinajstić information content (AvgIpc) is 3.33. The van der Waals surface area contributed by atoms with Gasteiger partial charge in [0.1, 0.15) is 17.4 Å². The third-order valence-corrected chi connectivity index (χ3v) is 5.06. The number of hydrogen-bond donors (Lipinski definition) is 1. The average molecular weight is 393 g/mol. The number of benzene rings is 1. The molecule has 0 radical (unpaired) electrons. The Morgan fingerprint density at radius 3 is 2.76 bits per heavy atom. The molecule has 2 heterocycles. The molecule has 1 aliphatic heterocycles. The minimum Gasteiger partial charge on any atom is -0.494 e. The number of nitriles is 1. The van der Waals surface area contributed by atoms with E-state index in [4.69, 9.17) is 9.47 Å². The second-order valence-corrected chi connectivity index (χ2v) is 7.10. The van der Waals surface area contributed by atoms with Gasteiger partial charge in [-0.25, -0.2) is 0 Å². The fraction of sp³-hybridized carbons (Fsp3) is 0.391. The van der Waals surface area contributed by atoms with Gasteiger partial charge in [0.2, 0.25) is 0 Å². The number of aromatic nitrogens is 1. The molecule has 0 saturated carbocycles. The van der Waals surface area contributed by atoms with Crippen molar-refractivity contribution < 1.29 is 14.3 Å². The standard InChI is InChI=1S/C23H27N3O3/c1-4-28-21-9-7-20(8-10-21)26-16(2)12-18(17(26)3)13-19(14-24)23(27)25-15-22-6-5-11-29-22/h7-10,12-13,22H,4-6,11,15H2,1-3H3,(H,25,27)/b19-13+/t22-/m0/s1. The number of carbonyl (C=O) groups is 1. The molecule has 0 unspecified atom stereocenters. The topological polar surface area (TPSA) is 76.3 Å². The lowest BCUT2D eigenvalue weighted by atomic mass is 10.1. The van der Waals surface area contributed by atoms with Gasteiger partial charge in [-0.3, -0.25) is 4.79 Å². The van der Waals surface area contributed by atoms with Crippen molar-refractivity contribution in [2.75, 3.05) is 19.8 Å². The van der Waals surface area contributed by atoms with Crippen LogP contribution in [0.25, 0.3) is 11.8 Å². The molecule has 3 rings (SSSR count). The van der Waals surface area contributed by atoms with Crippen molar-refractivity contribution >= 4 is 12.0 Å². The monoisotopic (exact) mass is 393 g/mol. The third-order valence-electron chi connectivity index (χ3n) is 5.06. The summed E-state index contributed by atoms with van der Waals surface area (Å²) in [5.74, 6) is 0.461. The predicted octanol–water partition coefficient (Wildman–Crippen LogP) is 3.70. The molecule has 29 heavy (non-hydrogen) atoms. The van der Waals surface area contributed by atoms with Crippen LogP contribution in [-0.4, -0.2) is 36.3 Å². The predicted molar refractivity (Wildman–Crippen MR) is 112 cm³/mol. The largest absolute Gasteiger partial charge is 0.494 e. The minimum absolute atomic E-state index is 0.0450. The number of hydrogen-bond acceptors (Lipinski definition) is 4. The van der Waals surface area contributed by atoms with Gasteiger partial charge < -0.3 is 19.4 Å². The fourth-order valence-corrected chi connectivity index (χ4v) is 3.60. The van der Waals surface area contributed by atoms with Crippen molar-refractivity contribution in [3.05, 3.63) is 52.9 Å². The van der Waals surface area contributed by atoms with Crippen LogP contribution >= 0.6 is 0 Å². The van der Waals surface area contributed by atoms with Gasteiger partial charge in [-0.2, -0.15) is 5.26 Å². The molecule has 0 bridgehead atoms. The zero-order valence-corrected chi connectivity index (χ0v) is 17.2. The number of aryl methyl sites for hydroxylation is 1. The van der Waals surface area contributed by atoms with Crippen molar-refractivity contribution in [1.82, 2.24) is 9.88 Å². The van der Waals surface area contributed by atoms with Gasteiger partial charge in [-0.05, 0) is 75.6 Å². The highest BCUT2D eigenvalue weighted by Gasteiger charge is 2.18. The summed E-state index contributed by atoms with van der Waals surface area (Å²) in [6, 6.07) is 11.9. The number of carbonyl (C=O) groups excluding carboxylic acids is 1. The molecule has 0 spiro atoms. The van der Waals surface area contributed by atoms with Crippen LogP contribution < -0.4 is 10.1 Å². The number of nitrogens with one attached hydrogen (secondary N) is 1. The lowest BCUT2D eigenvalue weighted by Gasteiger charge is -2.11. The minimum atomic E-state index is -0.367. The normalized spacial score (nSPS) is 16.5. The Morgan fingerprint density at radius 1 is 1.38 bits per heavy atom. The van der Waals surface area contributed by atoms with Crippen molar-refractivity contribution in [2.24, 2.45) is 0 Å². The maximum atomic E-state index is 12.4. The summed E-state index contributed by atoms with van der Waals surface area (Å²) >= 11 is 0. The first-order chi connectivity index (χ1) is 14.0. The van der Waals surface area contributed by atoms with E-state index in [-0.39, 0.29) is 17.6 Å². The number of ether oxygens (including phenoxy) is 2. The van der Waals surface area contributed by atoms with Gasteiger partial charge in [0.25, 0.3) is 5.91 Å². The molecule has 1 N–H and O–H groups in total. The molecule has 1 atom stereocenters. The summed E-state index contributed by atoms with van der Waals surface area (Å²) in [5, 5.41) is 12.3. The van der Waals surface area contributed by atoms with Gasteiger partial charge >= 0.3 is 0 Å². The molecule has 152 valence electrons.